The Morgan fingerprint density at radius 2 is 1.67 bits per heavy atom. The highest BCUT2D eigenvalue weighted by Gasteiger charge is 2.42. The van der Waals surface area contributed by atoms with Gasteiger partial charge < -0.3 is 29.3 Å². The molecule has 5 fully saturated rings. The Kier molecular flexibility index (Phi) is 11.8. The summed E-state index contributed by atoms with van der Waals surface area (Å²) < 4.78 is 11.9. The maximum absolute atomic E-state index is 12.9. The standard InChI is InChI=1S/C29H40N6O.C19H23N3O5.2H2/c1-20-7-14-35(28(2,3)17-20)18-21-8-12-34(13-9-21)26-16-25(30-19-31-26)27-23-15-22(36-29(4)10-11-29)5-6-24(23)32-33-27;1-27-17-13-10-22(15-4-5-16(24)20-18(15)25)19(26)12(13)2-3-14(17)21-8-6-11(23)7-9-21;;/h5-6,15-16,19-21H,7-14,17-18H2,1-4H3,(H,32,33);2-3,11,15,23H,4-10H2,1H3,(H,20,24,25);2*1H/t20-;;;/m0.../s1. The zero-order valence-corrected chi connectivity index (χ0v) is 37.5. The molecule has 0 spiro atoms. The number of nitrogens with one attached hydrogen (secondary N) is 2. The van der Waals surface area contributed by atoms with Crippen LogP contribution in [0, 0.1) is 11.8 Å². The Morgan fingerprint density at radius 1 is 0.905 bits per heavy atom. The molecule has 2 aromatic heterocycles. The minimum atomic E-state index is -0.638. The van der Waals surface area contributed by atoms with Gasteiger partial charge in [0.05, 0.1) is 36.7 Å². The molecule has 2 aromatic carbocycles. The first kappa shape index (κ1) is 43.0. The molecule has 0 radical (unpaired) electrons. The molecule has 0 bridgehead atoms. The first-order chi connectivity index (χ1) is 30.3. The Balaban J connectivity index is 0.000000196. The van der Waals surface area contributed by atoms with E-state index < -0.39 is 11.9 Å². The quantitative estimate of drug-likeness (QED) is 0.155. The lowest BCUT2D eigenvalue weighted by molar-refractivity contribution is -0.136. The van der Waals surface area contributed by atoms with Crippen LogP contribution in [0.5, 0.6) is 11.5 Å². The smallest absolute Gasteiger partial charge is 0.255 e. The minimum absolute atomic E-state index is 0. The number of amides is 3. The fourth-order valence-electron chi connectivity index (χ4n) is 10.4. The number of H-pyrrole nitrogens is 1. The second-order valence-corrected chi connectivity index (χ2v) is 19.6. The number of ether oxygens (including phenoxy) is 2. The van der Waals surface area contributed by atoms with Gasteiger partial charge in [0.15, 0.2) is 0 Å². The molecule has 1 unspecified atom stereocenters. The molecule has 3 amide bonds. The Labute approximate surface area is 372 Å². The number of methoxy groups -OCH3 is 1. The fraction of sp³-hybridized carbons (Fsp3) is 0.583. The van der Waals surface area contributed by atoms with Crippen molar-refractivity contribution in [2.45, 2.75) is 122 Å². The molecule has 4 saturated heterocycles. The van der Waals surface area contributed by atoms with Crippen LogP contribution in [-0.2, 0) is 16.1 Å². The van der Waals surface area contributed by atoms with Gasteiger partial charge in [0.2, 0.25) is 11.8 Å². The highest BCUT2D eigenvalue weighted by atomic mass is 16.5. The first-order valence-corrected chi connectivity index (χ1v) is 23.0. The van der Waals surface area contributed by atoms with E-state index in [0.29, 0.717) is 36.1 Å². The number of likely N-dealkylation sites (tertiary alicyclic amines) is 1. The number of aliphatic hydroxyl groups is 1. The number of piperidine rings is 4. The van der Waals surface area contributed by atoms with Crippen molar-refractivity contribution >= 4 is 40.1 Å². The molecule has 5 aliphatic heterocycles. The molecular formula is C48H67N9O6. The van der Waals surface area contributed by atoms with Crippen LogP contribution in [0.3, 0.4) is 0 Å². The van der Waals surface area contributed by atoms with Crippen molar-refractivity contribution in [2.75, 3.05) is 56.2 Å². The second kappa shape index (κ2) is 17.4. The summed E-state index contributed by atoms with van der Waals surface area (Å²) in [6, 6.07) is 11.3. The lowest BCUT2D eigenvalue weighted by Gasteiger charge is -2.47. The Morgan fingerprint density at radius 3 is 2.38 bits per heavy atom. The van der Waals surface area contributed by atoms with Gasteiger partial charge >= 0.3 is 0 Å². The number of hydrogen-bond acceptors (Lipinski definition) is 12. The third-order valence-electron chi connectivity index (χ3n) is 14.4. The van der Waals surface area contributed by atoms with Crippen molar-refractivity contribution in [3.05, 3.63) is 53.9 Å². The summed E-state index contributed by atoms with van der Waals surface area (Å²) in [7, 11) is 1.58. The van der Waals surface area contributed by atoms with E-state index in [9.17, 15) is 19.5 Å². The number of imide groups is 1. The predicted octanol–water partition coefficient (Wildman–Crippen LogP) is 6.59. The largest absolute Gasteiger partial charge is 0.494 e. The Bertz CT molecular complexity index is 2360. The van der Waals surface area contributed by atoms with Gasteiger partial charge in [-0.15, -0.1) is 0 Å². The number of carbonyl (C=O) groups excluding carboxylic acids is 3. The Hall–Kier alpha value is -5.28. The lowest BCUT2D eigenvalue weighted by atomic mass is 9.82. The van der Waals surface area contributed by atoms with Crippen LogP contribution in [0.15, 0.2) is 42.7 Å². The van der Waals surface area contributed by atoms with E-state index >= 15 is 0 Å². The monoisotopic (exact) mass is 866 g/mol. The summed E-state index contributed by atoms with van der Waals surface area (Å²) in [5.74, 6) is 3.22. The van der Waals surface area contributed by atoms with Gasteiger partial charge in [0.1, 0.15) is 41.0 Å². The molecule has 1 saturated carbocycles. The predicted molar refractivity (Wildman–Crippen MR) is 245 cm³/mol. The van der Waals surface area contributed by atoms with Gasteiger partial charge in [-0.25, -0.2) is 9.97 Å². The topological polar surface area (TPSA) is 169 Å². The first-order valence-electron chi connectivity index (χ1n) is 23.0. The normalized spacial score (nSPS) is 23.9. The van der Waals surface area contributed by atoms with Gasteiger partial charge in [0.25, 0.3) is 5.91 Å². The number of anilines is 2. The van der Waals surface area contributed by atoms with E-state index in [0.717, 1.165) is 96.0 Å². The molecule has 6 aliphatic rings. The fourth-order valence-corrected chi connectivity index (χ4v) is 10.4. The molecule has 15 heteroatoms. The summed E-state index contributed by atoms with van der Waals surface area (Å²) in [6.45, 7) is 15.7. The molecule has 63 heavy (non-hydrogen) atoms. The van der Waals surface area contributed by atoms with Gasteiger partial charge in [-0.05, 0) is 127 Å². The summed E-state index contributed by atoms with van der Waals surface area (Å²) in [6.07, 6.45) is 10.7. The second-order valence-electron chi connectivity index (χ2n) is 19.6. The van der Waals surface area contributed by atoms with Crippen molar-refractivity contribution in [1.29, 1.82) is 0 Å². The minimum Gasteiger partial charge on any atom is -0.494 e. The van der Waals surface area contributed by atoms with E-state index in [1.54, 1.807) is 19.5 Å². The number of carbonyl (C=O) groups is 3. The maximum Gasteiger partial charge on any atom is 0.255 e. The number of aromatic amines is 1. The summed E-state index contributed by atoms with van der Waals surface area (Å²) in [5.41, 5.74) is 5.24. The molecule has 2 atom stereocenters. The molecule has 15 nitrogen and oxygen atoms in total. The van der Waals surface area contributed by atoms with Gasteiger partial charge in [-0.2, -0.15) is 5.10 Å². The van der Waals surface area contributed by atoms with E-state index in [4.69, 9.17) is 9.47 Å². The van der Waals surface area contributed by atoms with Crippen LogP contribution in [-0.4, -0.2) is 122 Å². The molecule has 10 rings (SSSR count). The highest BCUT2D eigenvalue weighted by molar-refractivity contribution is 6.06. The number of rotatable bonds is 9. The van der Waals surface area contributed by atoms with Crippen molar-refractivity contribution < 1.29 is 31.8 Å². The van der Waals surface area contributed by atoms with Crippen LogP contribution in [0.2, 0.25) is 0 Å². The lowest BCUT2D eigenvalue weighted by Crippen LogP contribution is -2.52. The average Bonchev–Trinajstić information content (AvgIpc) is 3.68. The van der Waals surface area contributed by atoms with Crippen LogP contribution >= 0.6 is 0 Å². The molecule has 7 heterocycles. The number of fused-ring (bicyclic) bond motifs is 2. The maximum atomic E-state index is 12.9. The number of hydrogen-bond donors (Lipinski definition) is 3. The number of aromatic nitrogens is 4. The molecule has 4 aromatic rings. The van der Waals surface area contributed by atoms with Gasteiger partial charge in [0, 0.05) is 70.1 Å². The molecule has 1 aliphatic carbocycles. The summed E-state index contributed by atoms with van der Waals surface area (Å²) in [5, 5.41) is 20.9. The summed E-state index contributed by atoms with van der Waals surface area (Å²) >= 11 is 0. The molecule has 340 valence electrons. The average molecular weight is 866 g/mol. The van der Waals surface area contributed by atoms with Crippen LogP contribution in [0.1, 0.15) is 111 Å². The number of aliphatic hydroxyl groups excluding tert-OH is 1. The zero-order valence-electron chi connectivity index (χ0n) is 37.5. The third-order valence-corrected chi connectivity index (χ3v) is 14.4. The van der Waals surface area contributed by atoms with E-state index in [-0.39, 0.29) is 39.3 Å². The van der Waals surface area contributed by atoms with Crippen molar-refractivity contribution in [3.8, 4) is 22.9 Å². The van der Waals surface area contributed by atoms with Crippen molar-refractivity contribution in [3.63, 3.8) is 0 Å². The molecular weight excluding hydrogens is 799 g/mol. The van der Waals surface area contributed by atoms with E-state index in [1.807, 2.05) is 18.2 Å². The molecule has 3 N–H and O–H groups in total. The van der Waals surface area contributed by atoms with Crippen LogP contribution in [0.4, 0.5) is 11.5 Å². The van der Waals surface area contributed by atoms with Gasteiger partial charge in [-0.3, -0.25) is 29.7 Å². The number of benzene rings is 2. The summed E-state index contributed by atoms with van der Waals surface area (Å²) in [4.78, 5) is 54.6. The number of nitrogens with zero attached hydrogens (tertiary/aromatic N) is 7. The van der Waals surface area contributed by atoms with Gasteiger partial charge in [-0.1, -0.05) is 6.92 Å². The van der Waals surface area contributed by atoms with Crippen LogP contribution < -0.4 is 24.6 Å². The SMILES string of the molecule is COc1c(N2CCC(O)CC2)ccc2c1CN(C1CCC(=O)NC1=O)C2=O.C[C@H]1CCN(CC2CCN(c3cc(-c4n[nH]c5ccc(OC6(C)CC6)cc45)ncn3)CC2)C(C)(C)C1.[HH].[HH]. The van der Waals surface area contributed by atoms with Crippen molar-refractivity contribution in [2.24, 2.45) is 11.8 Å². The van der Waals surface area contributed by atoms with E-state index in [2.05, 4.69) is 80.0 Å². The van der Waals surface area contributed by atoms with Crippen molar-refractivity contribution in [1.82, 2.24) is 35.3 Å². The third kappa shape index (κ3) is 9.09. The van der Waals surface area contributed by atoms with Crippen LogP contribution in [0.25, 0.3) is 22.3 Å². The highest BCUT2D eigenvalue weighted by Crippen LogP contribution is 2.42. The van der Waals surface area contributed by atoms with E-state index in [1.165, 1.54) is 43.7 Å². The zero-order chi connectivity index (χ0) is 44.0.